The van der Waals surface area contributed by atoms with Crippen molar-refractivity contribution < 1.29 is 23.8 Å². The number of carboxylic acids is 1. The van der Waals surface area contributed by atoms with Gasteiger partial charge in [-0.3, -0.25) is 4.79 Å². The molecule has 2 aliphatic rings. The van der Waals surface area contributed by atoms with Gasteiger partial charge in [0.1, 0.15) is 19.0 Å². The van der Waals surface area contributed by atoms with E-state index in [0.717, 1.165) is 12.8 Å². The first-order valence-electron chi connectivity index (χ1n) is 6.46. The van der Waals surface area contributed by atoms with Crippen LogP contribution in [0.2, 0.25) is 0 Å². The summed E-state index contributed by atoms with van der Waals surface area (Å²) in [6.07, 6.45) is 2.55. The Kier molecular flexibility index (Phi) is 2.84. The Labute approximate surface area is 110 Å². The average Bonchev–Trinajstić information content (AvgIpc) is 2.88. The number of rotatable bonds is 2. The van der Waals surface area contributed by atoms with Crippen molar-refractivity contribution in [1.82, 2.24) is 0 Å². The number of carbonyl (C=O) groups is 1. The Balaban J connectivity index is 2.11. The lowest BCUT2D eigenvalue weighted by atomic mass is 9.78. The van der Waals surface area contributed by atoms with E-state index in [9.17, 15) is 14.3 Å². The zero-order valence-corrected chi connectivity index (χ0v) is 10.4. The molecule has 0 spiro atoms. The first-order chi connectivity index (χ1) is 9.13. The van der Waals surface area contributed by atoms with Gasteiger partial charge >= 0.3 is 5.97 Å². The lowest BCUT2D eigenvalue weighted by Crippen LogP contribution is -2.34. The first kappa shape index (κ1) is 12.3. The number of halogens is 1. The summed E-state index contributed by atoms with van der Waals surface area (Å²) in [4.78, 5) is 11.6. The molecule has 1 aromatic carbocycles. The number of hydrogen-bond donors (Lipinski definition) is 1. The third-order valence-corrected chi connectivity index (χ3v) is 4.01. The third kappa shape index (κ3) is 1.84. The van der Waals surface area contributed by atoms with Crippen LogP contribution in [0.1, 0.15) is 31.2 Å². The second-order valence-electron chi connectivity index (χ2n) is 5.07. The SMILES string of the molecule is O=C(O)C1(c2cc3c(cc2F)OCCO3)CCCC1. The molecule has 0 unspecified atom stereocenters. The summed E-state index contributed by atoms with van der Waals surface area (Å²) in [5, 5.41) is 9.51. The van der Waals surface area contributed by atoms with E-state index >= 15 is 0 Å². The van der Waals surface area contributed by atoms with Crippen LogP contribution in [0.5, 0.6) is 11.5 Å². The zero-order chi connectivity index (χ0) is 13.5. The highest BCUT2D eigenvalue weighted by molar-refractivity contribution is 5.82. The third-order valence-electron chi connectivity index (χ3n) is 4.01. The van der Waals surface area contributed by atoms with Crippen LogP contribution in [0, 0.1) is 5.82 Å². The number of hydrogen-bond acceptors (Lipinski definition) is 3. The zero-order valence-electron chi connectivity index (χ0n) is 10.4. The molecule has 19 heavy (non-hydrogen) atoms. The predicted molar refractivity (Wildman–Crippen MR) is 65.2 cm³/mol. The monoisotopic (exact) mass is 266 g/mol. The largest absolute Gasteiger partial charge is 0.486 e. The van der Waals surface area contributed by atoms with Crippen molar-refractivity contribution in [2.45, 2.75) is 31.1 Å². The van der Waals surface area contributed by atoms with Crippen molar-refractivity contribution in [3.63, 3.8) is 0 Å². The summed E-state index contributed by atoms with van der Waals surface area (Å²) in [5.41, 5.74) is -0.887. The van der Waals surface area contributed by atoms with E-state index in [-0.39, 0.29) is 5.56 Å². The van der Waals surface area contributed by atoms with Gasteiger partial charge in [-0.15, -0.1) is 0 Å². The Morgan fingerprint density at radius 2 is 1.74 bits per heavy atom. The summed E-state index contributed by atoms with van der Waals surface area (Å²) in [6.45, 7) is 0.786. The van der Waals surface area contributed by atoms with Crippen LogP contribution >= 0.6 is 0 Å². The number of aliphatic carboxylic acids is 1. The molecule has 102 valence electrons. The number of carboxylic acid groups (broad SMARTS) is 1. The summed E-state index contributed by atoms with van der Waals surface area (Å²) >= 11 is 0. The van der Waals surface area contributed by atoms with Gasteiger partial charge in [-0.25, -0.2) is 4.39 Å². The van der Waals surface area contributed by atoms with Gasteiger partial charge in [-0.1, -0.05) is 12.8 Å². The molecule has 0 aromatic heterocycles. The van der Waals surface area contributed by atoms with Crippen molar-refractivity contribution in [3.8, 4) is 11.5 Å². The van der Waals surface area contributed by atoms with Crippen LogP contribution in [0.4, 0.5) is 4.39 Å². The first-order valence-corrected chi connectivity index (χ1v) is 6.46. The molecule has 1 fully saturated rings. The van der Waals surface area contributed by atoms with Gasteiger partial charge in [-0.2, -0.15) is 0 Å². The van der Waals surface area contributed by atoms with E-state index in [0.29, 0.717) is 37.6 Å². The number of fused-ring (bicyclic) bond motifs is 1. The Morgan fingerprint density at radius 3 is 2.32 bits per heavy atom. The average molecular weight is 266 g/mol. The van der Waals surface area contributed by atoms with Crippen molar-refractivity contribution >= 4 is 5.97 Å². The van der Waals surface area contributed by atoms with Gasteiger partial charge in [0.05, 0.1) is 5.41 Å². The maximum absolute atomic E-state index is 14.2. The van der Waals surface area contributed by atoms with E-state index in [1.54, 1.807) is 0 Å². The van der Waals surface area contributed by atoms with Crippen LogP contribution in [0.15, 0.2) is 12.1 Å². The smallest absolute Gasteiger partial charge is 0.314 e. The van der Waals surface area contributed by atoms with E-state index in [1.807, 2.05) is 0 Å². The van der Waals surface area contributed by atoms with Crippen LogP contribution in [0.25, 0.3) is 0 Å². The molecule has 0 saturated heterocycles. The Morgan fingerprint density at radius 1 is 1.16 bits per heavy atom. The van der Waals surface area contributed by atoms with Crippen LogP contribution in [-0.2, 0) is 10.2 Å². The summed E-state index contributed by atoms with van der Waals surface area (Å²) < 4.78 is 25.0. The molecule has 4 nitrogen and oxygen atoms in total. The highest BCUT2D eigenvalue weighted by atomic mass is 19.1. The molecule has 1 saturated carbocycles. The van der Waals surface area contributed by atoms with Crippen molar-refractivity contribution in [2.75, 3.05) is 13.2 Å². The number of benzene rings is 1. The minimum atomic E-state index is -1.11. The molecule has 1 aromatic rings. The second kappa shape index (κ2) is 4.40. The molecular formula is C14H15FO4. The fourth-order valence-corrected chi connectivity index (χ4v) is 3.01. The van der Waals surface area contributed by atoms with Gasteiger partial charge < -0.3 is 14.6 Å². The van der Waals surface area contributed by atoms with Crippen LogP contribution in [0.3, 0.4) is 0 Å². The Hall–Kier alpha value is -1.78. The van der Waals surface area contributed by atoms with E-state index in [1.165, 1.54) is 12.1 Å². The minimum Gasteiger partial charge on any atom is -0.486 e. The van der Waals surface area contributed by atoms with Crippen molar-refractivity contribution in [3.05, 3.63) is 23.5 Å². The molecule has 1 N–H and O–H groups in total. The standard InChI is InChI=1S/C14H15FO4/c15-10-8-12-11(18-5-6-19-12)7-9(10)14(13(16)17)3-1-2-4-14/h7-8H,1-6H2,(H,16,17). The quantitative estimate of drug-likeness (QED) is 0.893. The minimum absolute atomic E-state index is 0.224. The lowest BCUT2D eigenvalue weighted by Gasteiger charge is -2.27. The molecule has 1 aliphatic carbocycles. The van der Waals surface area contributed by atoms with Crippen LogP contribution < -0.4 is 9.47 Å². The summed E-state index contributed by atoms with van der Waals surface area (Å²) in [6, 6.07) is 2.75. The number of ether oxygens (including phenoxy) is 2. The normalized spacial score (nSPS) is 20.3. The highest BCUT2D eigenvalue weighted by Gasteiger charge is 2.45. The summed E-state index contributed by atoms with van der Waals surface area (Å²) in [7, 11) is 0. The molecule has 1 aliphatic heterocycles. The molecular weight excluding hydrogens is 251 g/mol. The highest BCUT2D eigenvalue weighted by Crippen LogP contribution is 2.45. The molecule has 0 bridgehead atoms. The second-order valence-corrected chi connectivity index (χ2v) is 5.07. The maximum Gasteiger partial charge on any atom is 0.314 e. The molecule has 0 atom stereocenters. The Bertz CT molecular complexity index is 520. The lowest BCUT2D eigenvalue weighted by molar-refractivity contribution is -0.143. The molecule has 3 rings (SSSR count). The fraction of sp³-hybridized carbons (Fsp3) is 0.500. The van der Waals surface area contributed by atoms with Crippen molar-refractivity contribution in [1.29, 1.82) is 0 Å². The molecule has 0 radical (unpaired) electrons. The predicted octanol–water partition coefficient (Wildman–Crippen LogP) is 2.49. The maximum atomic E-state index is 14.2. The van der Waals surface area contributed by atoms with Gasteiger partial charge in [-0.05, 0) is 18.9 Å². The van der Waals surface area contributed by atoms with Crippen molar-refractivity contribution in [2.24, 2.45) is 0 Å². The van der Waals surface area contributed by atoms with E-state index in [4.69, 9.17) is 9.47 Å². The summed E-state index contributed by atoms with van der Waals surface area (Å²) in [5.74, 6) is -0.685. The van der Waals surface area contributed by atoms with Gasteiger partial charge in [0.15, 0.2) is 11.5 Å². The van der Waals surface area contributed by atoms with Gasteiger partial charge in [0.25, 0.3) is 0 Å². The topological polar surface area (TPSA) is 55.8 Å². The molecule has 1 heterocycles. The van der Waals surface area contributed by atoms with E-state index in [2.05, 4.69) is 0 Å². The van der Waals surface area contributed by atoms with Gasteiger partial charge in [0.2, 0.25) is 0 Å². The molecule has 5 heteroatoms. The van der Waals surface area contributed by atoms with Crippen LogP contribution in [-0.4, -0.2) is 24.3 Å². The fourth-order valence-electron chi connectivity index (χ4n) is 3.01. The van der Waals surface area contributed by atoms with E-state index < -0.39 is 17.2 Å². The molecule has 0 amide bonds. The van der Waals surface area contributed by atoms with Gasteiger partial charge in [0, 0.05) is 11.6 Å².